The summed E-state index contributed by atoms with van der Waals surface area (Å²) >= 11 is 0. The van der Waals surface area contributed by atoms with E-state index >= 15 is 0 Å². The van der Waals surface area contributed by atoms with E-state index in [9.17, 15) is 9.18 Å². The summed E-state index contributed by atoms with van der Waals surface area (Å²) in [4.78, 5) is 14.9. The van der Waals surface area contributed by atoms with E-state index in [-0.39, 0.29) is 23.6 Å². The zero-order chi connectivity index (χ0) is 13.8. The first-order valence-electron chi connectivity index (χ1n) is 5.49. The molecular weight excluding hydrogens is 249 g/mol. The fraction of sp³-hybridized carbons (Fsp3) is 0.0769. The summed E-state index contributed by atoms with van der Waals surface area (Å²) < 4.78 is 18.9. The van der Waals surface area contributed by atoms with Crippen molar-refractivity contribution >= 4 is 11.7 Å². The van der Waals surface area contributed by atoms with Gasteiger partial charge in [-0.3, -0.25) is 4.79 Å². The molecule has 2 rings (SSSR count). The van der Waals surface area contributed by atoms with Gasteiger partial charge in [0.25, 0.3) is 0 Å². The number of ether oxygens (including phenoxy) is 1. The first-order valence-corrected chi connectivity index (χ1v) is 5.49. The molecule has 19 heavy (non-hydrogen) atoms. The molecule has 1 aromatic carbocycles. The molecule has 0 spiro atoms. The first-order chi connectivity index (χ1) is 9.08. The topological polar surface area (TPSA) is 91.2 Å². The lowest BCUT2D eigenvalue weighted by Crippen LogP contribution is -2.12. The van der Waals surface area contributed by atoms with Gasteiger partial charge in [0.2, 0.25) is 5.91 Å². The highest BCUT2D eigenvalue weighted by atomic mass is 19.1. The van der Waals surface area contributed by atoms with Crippen LogP contribution in [0, 0.1) is 5.82 Å². The summed E-state index contributed by atoms with van der Waals surface area (Å²) in [5.74, 6) is -0.532. The number of carbonyl (C=O) groups is 1. The maximum absolute atomic E-state index is 13.6. The molecule has 0 saturated heterocycles. The van der Waals surface area contributed by atoms with Gasteiger partial charge in [0.1, 0.15) is 12.4 Å². The van der Waals surface area contributed by atoms with Crippen LogP contribution in [0.5, 0.6) is 5.75 Å². The maximum atomic E-state index is 13.6. The quantitative estimate of drug-likeness (QED) is 0.872. The Balaban J connectivity index is 2.17. The minimum atomic E-state index is -0.623. The standard InChI is InChI=1S/C13H12FN3O2/c14-10-4-3-8(13(16)18)6-9(10)7-19-11-2-1-5-17-12(11)15/h1-6H,7H2,(H2,15,17)(H2,16,18). The molecule has 1 heterocycles. The monoisotopic (exact) mass is 261 g/mol. The van der Waals surface area contributed by atoms with Crippen LogP contribution in [0.2, 0.25) is 0 Å². The predicted molar refractivity (Wildman–Crippen MR) is 67.9 cm³/mol. The number of nitrogen functional groups attached to an aromatic ring is 1. The zero-order valence-electron chi connectivity index (χ0n) is 9.97. The van der Waals surface area contributed by atoms with E-state index in [1.807, 2.05) is 0 Å². The van der Waals surface area contributed by atoms with Gasteiger partial charge in [0, 0.05) is 17.3 Å². The lowest BCUT2D eigenvalue weighted by molar-refractivity contribution is 0.1000. The number of benzene rings is 1. The number of amides is 1. The highest BCUT2D eigenvalue weighted by molar-refractivity contribution is 5.92. The lowest BCUT2D eigenvalue weighted by Gasteiger charge is -2.09. The van der Waals surface area contributed by atoms with Crippen LogP contribution < -0.4 is 16.2 Å². The van der Waals surface area contributed by atoms with E-state index in [1.165, 1.54) is 24.4 Å². The second-order valence-electron chi connectivity index (χ2n) is 3.85. The van der Waals surface area contributed by atoms with Gasteiger partial charge >= 0.3 is 0 Å². The van der Waals surface area contributed by atoms with E-state index in [0.29, 0.717) is 5.75 Å². The molecule has 0 aliphatic rings. The normalized spacial score (nSPS) is 10.2. The Bertz CT molecular complexity index is 617. The molecule has 0 aliphatic carbocycles. The minimum Gasteiger partial charge on any atom is -0.485 e. The molecule has 1 aromatic heterocycles. The van der Waals surface area contributed by atoms with Crippen molar-refractivity contribution in [3.63, 3.8) is 0 Å². The molecule has 0 atom stereocenters. The largest absolute Gasteiger partial charge is 0.485 e. The summed E-state index contributed by atoms with van der Waals surface area (Å²) in [5, 5.41) is 0. The maximum Gasteiger partial charge on any atom is 0.248 e. The van der Waals surface area contributed by atoms with Gasteiger partial charge in [-0.1, -0.05) is 0 Å². The molecule has 0 saturated carbocycles. The number of nitrogens with zero attached hydrogens (tertiary/aromatic N) is 1. The molecule has 6 heteroatoms. The highest BCUT2D eigenvalue weighted by Gasteiger charge is 2.09. The number of rotatable bonds is 4. The average molecular weight is 261 g/mol. The SMILES string of the molecule is NC(=O)c1ccc(F)c(COc2cccnc2N)c1. The Hall–Kier alpha value is -2.63. The first kappa shape index (κ1) is 12.8. The van der Waals surface area contributed by atoms with Crippen molar-refractivity contribution in [2.75, 3.05) is 5.73 Å². The Morgan fingerprint density at radius 2 is 2.16 bits per heavy atom. The summed E-state index contributed by atoms with van der Waals surface area (Å²) in [5.41, 5.74) is 11.2. The Morgan fingerprint density at radius 1 is 1.37 bits per heavy atom. The number of hydrogen-bond donors (Lipinski definition) is 2. The van der Waals surface area contributed by atoms with Crippen LogP contribution in [0.1, 0.15) is 15.9 Å². The molecule has 5 nitrogen and oxygen atoms in total. The summed E-state index contributed by atoms with van der Waals surface area (Å²) in [7, 11) is 0. The molecular formula is C13H12FN3O2. The molecule has 0 fully saturated rings. The molecule has 98 valence electrons. The Morgan fingerprint density at radius 3 is 2.84 bits per heavy atom. The number of hydrogen-bond acceptors (Lipinski definition) is 4. The lowest BCUT2D eigenvalue weighted by atomic mass is 10.1. The number of anilines is 1. The van der Waals surface area contributed by atoms with Crippen molar-refractivity contribution in [1.82, 2.24) is 4.98 Å². The number of halogens is 1. The predicted octanol–water partition coefficient (Wildman–Crippen LogP) is 1.48. The number of pyridine rings is 1. The van der Waals surface area contributed by atoms with Gasteiger partial charge in [-0.2, -0.15) is 0 Å². The van der Waals surface area contributed by atoms with Crippen molar-refractivity contribution in [2.24, 2.45) is 5.73 Å². The van der Waals surface area contributed by atoms with Crippen molar-refractivity contribution in [3.8, 4) is 5.75 Å². The third kappa shape index (κ3) is 2.98. The molecule has 1 amide bonds. The van der Waals surface area contributed by atoms with E-state index in [0.717, 1.165) is 0 Å². The Kier molecular flexibility index (Phi) is 3.61. The van der Waals surface area contributed by atoms with Gasteiger partial charge in [-0.25, -0.2) is 9.37 Å². The van der Waals surface area contributed by atoms with E-state index in [2.05, 4.69) is 4.98 Å². The number of carbonyl (C=O) groups excluding carboxylic acids is 1. The number of primary amides is 1. The van der Waals surface area contributed by atoms with Crippen LogP contribution in [0.15, 0.2) is 36.5 Å². The molecule has 0 unspecified atom stereocenters. The summed E-state index contributed by atoms with van der Waals surface area (Å²) in [6, 6.07) is 7.12. The average Bonchev–Trinajstić information content (AvgIpc) is 2.39. The second kappa shape index (κ2) is 5.34. The molecule has 2 aromatic rings. The third-order valence-electron chi connectivity index (χ3n) is 2.51. The van der Waals surface area contributed by atoms with Gasteiger partial charge in [-0.15, -0.1) is 0 Å². The Labute approximate surface area is 109 Å². The minimum absolute atomic E-state index is 0.0666. The van der Waals surface area contributed by atoms with Crippen LogP contribution in [0.3, 0.4) is 0 Å². The smallest absolute Gasteiger partial charge is 0.248 e. The van der Waals surface area contributed by atoms with Crippen molar-refractivity contribution in [3.05, 3.63) is 53.5 Å². The fourth-order valence-electron chi connectivity index (χ4n) is 1.52. The highest BCUT2D eigenvalue weighted by Crippen LogP contribution is 2.19. The zero-order valence-corrected chi connectivity index (χ0v) is 9.97. The van der Waals surface area contributed by atoms with Crippen LogP contribution in [-0.4, -0.2) is 10.9 Å². The molecule has 0 aliphatic heterocycles. The molecule has 4 N–H and O–H groups in total. The van der Waals surface area contributed by atoms with Gasteiger partial charge in [-0.05, 0) is 30.3 Å². The number of aromatic nitrogens is 1. The van der Waals surface area contributed by atoms with Crippen molar-refractivity contribution in [1.29, 1.82) is 0 Å². The van der Waals surface area contributed by atoms with Gasteiger partial charge in [0.15, 0.2) is 11.6 Å². The van der Waals surface area contributed by atoms with Crippen LogP contribution in [0.4, 0.5) is 10.2 Å². The van der Waals surface area contributed by atoms with E-state index in [1.54, 1.807) is 12.1 Å². The third-order valence-corrected chi connectivity index (χ3v) is 2.51. The fourth-order valence-corrected chi connectivity index (χ4v) is 1.52. The van der Waals surface area contributed by atoms with Crippen molar-refractivity contribution < 1.29 is 13.9 Å². The van der Waals surface area contributed by atoms with Gasteiger partial charge in [0.05, 0.1) is 0 Å². The molecule has 0 radical (unpaired) electrons. The second-order valence-corrected chi connectivity index (χ2v) is 3.85. The van der Waals surface area contributed by atoms with Crippen LogP contribution >= 0.6 is 0 Å². The summed E-state index contributed by atoms with van der Waals surface area (Å²) in [6.45, 7) is -0.0666. The summed E-state index contributed by atoms with van der Waals surface area (Å²) in [6.07, 6.45) is 1.52. The van der Waals surface area contributed by atoms with Crippen LogP contribution in [0.25, 0.3) is 0 Å². The van der Waals surface area contributed by atoms with E-state index < -0.39 is 11.7 Å². The molecule has 0 bridgehead atoms. The van der Waals surface area contributed by atoms with Gasteiger partial charge < -0.3 is 16.2 Å². The van der Waals surface area contributed by atoms with Crippen molar-refractivity contribution in [2.45, 2.75) is 6.61 Å². The van der Waals surface area contributed by atoms with Crippen LogP contribution in [-0.2, 0) is 6.61 Å². The van der Waals surface area contributed by atoms with E-state index in [4.69, 9.17) is 16.2 Å². The number of nitrogens with two attached hydrogens (primary N) is 2.